The van der Waals surface area contributed by atoms with E-state index in [0.717, 1.165) is 34.1 Å². The number of benzene rings is 14. The molecule has 0 amide bonds. The lowest BCUT2D eigenvalue weighted by atomic mass is 9.95. The zero-order valence-corrected chi connectivity index (χ0v) is 51.7. The van der Waals surface area contributed by atoms with Crippen LogP contribution in [0.1, 0.15) is 22.3 Å². The molecule has 0 aliphatic rings. The van der Waals surface area contributed by atoms with Gasteiger partial charge in [-0.3, -0.25) is 0 Å². The maximum atomic E-state index is 2.57. The Morgan fingerprint density at radius 1 is 0.217 bits per heavy atom. The molecule has 4 heteroatoms. The standard InChI is InChI=1S/C88H62N4/c1-55-33-37-64(59-21-9-5-10-22-59)49-73(55)63-41-43-68(44-42-63)89(80-50-65(38-34-56(80)2)60-23-11-6-12-24-60)78-47-45-69-74-53-84-75(54-83(74)91-76-31-19-17-29-71(76)85(78)87(69)91)70-46-48-79(86-72-30-18-20-32-77(72)92(84)88(70)86)90(81-51-66(39-35-57(81)3)61-25-13-7-14-26-61)82-52-67(40-36-58(82)4)62-27-15-8-16-28-62/h5-54H,1-4H3. The molecule has 0 saturated heterocycles. The highest BCUT2D eigenvalue weighted by atomic mass is 15.2. The van der Waals surface area contributed by atoms with Crippen LogP contribution >= 0.6 is 0 Å². The lowest BCUT2D eigenvalue weighted by Gasteiger charge is -2.30. The summed E-state index contributed by atoms with van der Waals surface area (Å²) in [6.45, 7) is 8.99. The van der Waals surface area contributed by atoms with Gasteiger partial charge in [-0.2, -0.15) is 0 Å². The second-order valence-corrected chi connectivity index (χ2v) is 25.0. The molecule has 0 spiro atoms. The van der Waals surface area contributed by atoms with Crippen molar-refractivity contribution in [2.24, 2.45) is 0 Å². The Bertz CT molecular complexity index is 5810. The Balaban J connectivity index is 0.863. The molecule has 434 valence electrons. The van der Waals surface area contributed by atoms with Crippen molar-refractivity contribution < 1.29 is 0 Å². The highest BCUT2D eigenvalue weighted by Gasteiger charge is 2.30. The van der Waals surface area contributed by atoms with E-state index in [1.165, 1.54) is 154 Å². The summed E-state index contributed by atoms with van der Waals surface area (Å²) in [6, 6.07) is 113. The van der Waals surface area contributed by atoms with E-state index in [1.54, 1.807) is 0 Å². The number of rotatable bonds is 11. The SMILES string of the molecule is Cc1ccc(-c2ccccc2)cc1-c1ccc(N(c2cc(-c3ccccc3)ccc2C)c2ccc3c4cc5c(cc4n4c6ccccc6c2c34)c2ccc(N(c3cc(-c4ccccc4)ccc3C)c3cc(-c4ccccc4)ccc3C)c3c4ccccc4n5c23)cc1. The van der Waals surface area contributed by atoms with Crippen LogP contribution in [0.15, 0.2) is 303 Å². The molecule has 0 fully saturated rings. The number of aromatic nitrogens is 2. The van der Waals surface area contributed by atoms with Crippen molar-refractivity contribution in [3.8, 4) is 55.6 Å². The molecule has 0 N–H and O–H groups in total. The topological polar surface area (TPSA) is 15.3 Å². The molecule has 4 heterocycles. The first-order chi connectivity index (χ1) is 45.3. The molecule has 4 aromatic heterocycles. The van der Waals surface area contributed by atoms with Gasteiger partial charge in [-0.1, -0.05) is 231 Å². The van der Waals surface area contributed by atoms with Crippen LogP contribution in [0, 0.1) is 27.7 Å². The second-order valence-electron chi connectivity index (χ2n) is 25.0. The molecule has 0 atom stereocenters. The first-order valence-electron chi connectivity index (χ1n) is 32.0. The van der Waals surface area contributed by atoms with Gasteiger partial charge in [-0.15, -0.1) is 0 Å². The van der Waals surface area contributed by atoms with Crippen molar-refractivity contribution in [2.75, 3.05) is 9.80 Å². The van der Waals surface area contributed by atoms with E-state index < -0.39 is 0 Å². The van der Waals surface area contributed by atoms with E-state index in [9.17, 15) is 0 Å². The fourth-order valence-corrected chi connectivity index (χ4v) is 15.2. The fourth-order valence-electron chi connectivity index (χ4n) is 15.2. The molecular weight excluding hydrogens is 1110 g/mol. The van der Waals surface area contributed by atoms with Gasteiger partial charge < -0.3 is 18.6 Å². The van der Waals surface area contributed by atoms with Crippen LogP contribution in [-0.4, -0.2) is 8.80 Å². The van der Waals surface area contributed by atoms with Crippen LogP contribution < -0.4 is 9.80 Å². The summed E-state index contributed by atoms with van der Waals surface area (Å²) in [5.74, 6) is 0. The van der Waals surface area contributed by atoms with Crippen molar-refractivity contribution in [1.82, 2.24) is 8.80 Å². The van der Waals surface area contributed by atoms with Gasteiger partial charge in [0.2, 0.25) is 0 Å². The van der Waals surface area contributed by atoms with E-state index in [4.69, 9.17) is 0 Å². The molecule has 4 nitrogen and oxygen atoms in total. The maximum absolute atomic E-state index is 2.57. The lowest BCUT2D eigenvalue weighted by molar-refractivity contribution is 1.24. The predicted octanol–water partition coefficient (Wildman–Crippen LogP) is 24.5. The summed E-state index contributed by atoms with van der Waals surface area (Å²) in [6.07, 6.45) is 0. The first-order valence-corrected chi connectivity index (χ1v) is 32.0. The van der Waals surface area contributed by atoms with Crippen LogP contribution in [-0.2, 0) is 0 Å². The van der Waals surface area contributed by atoms with E-state index in [2.05, 4.69) is 350 Å². The van der Waals surface area contributed by atoms with Gasteiger partial charge in [0.15, 0.2) is 0 Å². The van der Waals surface area contributed by atoms with Crippen LogP contribution in [0.4, 0.5) is 34.1 Å². The zero-order valence-electron chi connectivity index (χ0n) is 51.7. The number of aryl methyl sites for hydroxylation is 4. The molecule has 92 heavy (non-hydrogen) atoms. The molecule has 0 saturated carbocycles. The van der Waals surface area contributed by atoms with Gasteiger partial charge >= 0.3 is 0 Å². The molecule has 0 bridgehead atoms. The fraction of sp³-hybridized carbons (Fsp3) is 0.0455. The van der Waals surface area contributed by atoms with Gasteiger partial charge in [0.1, 0.15) is 0 Å². The number of anilines is 6. The molecule has 0 aliphatic carbocycles. The number of fused-ring (bicyclic) bond motifs is 12. The summed E-state index contributed by atoms with van der Waals surface area (Å²) >= 11 is 0. The van der Waals surface area contributed by atoms with Gasteiger partial charge in [0.25, 0.3) is 0 Å². The number of hydrogen-bond acceptors (Lipinski definition) is 2. The van der Waals surface area contributed by atoms with Crippen LogP contribution in [0.5, 0.6) is 0 Å². The van der Waals surface area contributed by atoms with Crippen LogP contribution in [0.25, 0.3) is 132 Å². The highest BCUT2D eigenvalue weighted by Crippen LogP contribution is 2.53. The smallest absolute Gasteiger partial charge is 0.0641 e. The maximum Gasteiger partial charge on any atom is 0.0641 e. The van der Waals surface area contributed by atoms with Crippen molar-refractivity contribution in [3.63, 3.8) is 0 Å². The average molecular weight is 1180 g/mol. The van der Waals surface area contributed by atoms with Gasteiger partial charge in [0.05, 0.1) is 44.5 Å². The molecule has 0 aliphatic heterocycles. The van der Waals surface area contributed by atoms with E-state index in [1.807, 2.05) is 0 Å². The molecule has 18 rings (SSSR count). The largest absolute Gasteiger partial charge is 0.310 e. The Labute approximate surface area is 534 Å². The zero-order chi connectivity index (χ0) is 61.3. The normalized spacial score (nSPS) is 11.9. The number of nitrogens with zero attached hydrogens (tertiary/aromatic N) is 4. The van der Waals surface area contributed by atoms with Crippen molar-refractivity contribution in [1.29, 1.82) is 0 Å². The minimum Gasteiger partial charge on any atom is -0.310 e. The Kier molecular flexibility index (Phi) is 12.1. The molecule has 0 radical (unpaired) electrons. The first kappa shape index (κ1) is 53.3. The van der Waals surface area contributed by atoms with Crippen molar-refractivity contribution in [2.45, 2.75) is 27.7 Å². The summed E-state index contributed by atoms with van der Waals surface area (Å²) in [5, 5.41) is 9.84. The number of para-hydroxylation sites is 2. The van der Waals surface area contributed by atoms with Crippen LogP contribution in [0.3, 0.4) is 0 Å². The minimum atomic E-state index is 1.09. The second kappa shape index (κ2) is 20.9. The van der Waals surface area contributed by atoms with Crippen molar-refractivity contribution in [3.05, 3.63) is 326 Å². The van der Waals surface area contributed by atoms with Gasteiger partial charge in [0, 0.05) is 65.8 Å². The lowest BCUT2D eigenvalue weighted by Crippen LogP contribution is -2.13. The molecular formula is C88H62N4. The predicted molar refractivity (Wildman–Crippen MR) is 391 cm³/mol. The third-order valence-corrected chi connectivity index (χ3v) is 19.7. The summed E-state index contributed by atoms with van der Waals surface area (Å²) < 4.78 is 5.14. The average Bonchev–Trinajstić information content (AvgIpc) is 1.52. The Morgan fingerprint density at radius 3 is 0.989 bits per heavy atom. The summed E-state index contributed by atoms with van der Waals surface area (Å²) in [7, 11) is 0. The van der Waals surface area contributed by atoms with Crippen molar-refractivity contribution >= 4 is 110 Å². The van der Waals surface area contributed by atoms with E-state index in [-0.39, 0.29) is 0 Å². The van der Waals surface area contributed by atoms with Gasteiger partial charge in [-0.05, 0) is 178 Å². The highest BCUT2D eigenvalue weighted by molar-refractivity contribution is 6.32. The van der Waals surface area contributed by atoms with E-state index >= 15 is 0 Å². The minimum absolute atomic E-state index is 1.09. The quantitative estimate of drug-likeness (QED) is 0.128. The third-order valence-electron chi connectivity index (χ3n) is 19.7. The molecule has 18 aromatic rings. The molecule has 14 aromatic carbocycles. The van der Waals surface area contributed by atoms with Crippen LogP contribution in [0.2, 0.25) is 0 Å². The van der Waals surface area contributed by atoms with E-state index in [0.29, 0.717) is 0 Å². The monoisotopic (exact) mass is 1170 g/mol. The Morgan fingerprint density at radius 2 is 0.565 bits per heavy atom. The van der Waals surface area contributed by atoms with Gasteiger partial charge in [-0.25, -0.2) is 0 Å². The molecule has 0 unspecified atom stereocenters. The third kappa shape index (κ3) is 8.23. The number of hydrogen-bond donors (Lipinski definition) is 0. The summed E-state index contributed by atoms with van der Waals surface area (Å²) in [5.41, 5.74) is 30.8. The Hall–Kier alpha value is -11.7. The summed E-state index contributed by atoms with van der Waals surface area (Å²) in [4.78, 5) is 5.08.